The molecule has 1 aliphatic heterocycles. The second kappa shape index (κ2) is 12.0. The van der Waals surface area contributed by atoms with Crippen molar-refractivity contribution in [2.75, 3.05) is 32.7 Å². The largest absolute Gasteiger partial charge is 0.444 e. The van der Waals surface area contributed by atoms with Gasteiger partial charge in [0, 0.05) is 56.2 Å². The van der Waals surface area contributed by atoms with Crippen molar-refractivity contribution in [3.63, 3.8) is 0 Å². The predicted octanol–water partition coefficient (Wildman–Crippen LogP) is 3.63. The molecule has 2 N–H and O–H groups in total. The number of alkyl carbamates (subject to hydrolysis) is 1. The van der Waals surface area contributed by atoms with Crippen LogP contribution in [0.3, 0.4) is 0 Å². The Morgan fingerprint density at radius 1 is 1.08 bits per heavy atom. The fraction of sp³-hybridized carbons (Fsp3) is 0.429. The van der Waals surface area contributed by atoms with Crippen LogP contribution in [0.15, 0.2) is 51.7 Å². The zero-order valence-electron chi connectivity index (χ0n) is 22.3. The van der Waals surface area contributed by atoms with Crippen molar-refractivity contribution in [3.8, 4) is 0 Å². The molecule has 1 fully saturated rings. The number of nitrogens with zero attached hydrogens (tertiary/aromatic N) is 2. The van der Waals surface area contributed by atoms with Gasteiger partial charge in [0.15, 0.2) is 11.4 Å². The third kappa shape index (κ3) is 7.93. The fourth-order valence-electron chi connectivity index (χ4n) is 4.44. The monoisotopic (exact) mass is 556 g/mol. The number of hydrogen-bond acceptors (Lipinski definition) is 7. The third-order valence-electron chi connectivity index (χ3n) is 6.42. The summed E-state index contributed by atoms with van der Waals surface area (Å²) in [5, 5.41) is 3.33. The molecule has 2 aromatic carbocycles. The van der Waals surface area contributed by atoms with Crippen LogP contribution in [-0.4, -0.2) is 76.9 Å². The number of H-pyrrole nitrogens is 1. The number of benzene rings is 2. The minimum Gasteiger partial charge on any atom is -0.444 e. The lowest BCUT2D eigenvalue weighted by atomic mass is 10.0. The van der Waals surface area contributed by atoms with Crippen LogP contribution in [0.1, 0.15) is 43.1 Å². The Bertz CT molecular complexity index is 1380. The van der Waals surface area contributed by atoms with E-state index >= 15 is 0 Å². The van der Waals surface area contributed by atoms with Crippen molar-refractivity contribution in [1.82, 2.24) is 20.1 Å². The quantitative estimate of drug-likeness (QED) is 0.406. The zero-order chi connectivity index (χ0) is 28.2. The summed E-state index contributed by atoms with van der Waals surface area (Å²) in [6.45, 7) is 7.99. The standard InChI is InChI=1S/C28H33ClN4O6/c1-28(2,3)39-27(37)31-22(16-18-4-7-20(29)8-5-18)25(35)33-14-12-32(13-15-33)11-10-23(34)19-6-9-21-24(17-19)38-26(36)30-21/h4-9,17,22H,10-16H2,1-3H3,(H,30,36)(H,31,37)/t22-/m0/s1. The first-order valence-electron chi connectivity index (χ1n) is 12.9. The first-order valence-corrected chi connectivity index (χ1v) is 13.3. The highest BCUT2D eigenvalue weighted by molar-refractivity contribution is 6.30. The van der Waals surface area contributed by atoms with Crippen LogP contribution >= 0.6 is 11.6 Å². The van der Waals surface area contributed by atoms with Crippen LogP contribution in [0.25, 0.3) is 11.1 Å². The first kappa shape index (κ1) is 28.4. The molecular weight excluding hydrogens is 524 g/mol. The average Bonchev–Trinajstić information content (AvgIpc) is 3.26. The molecule has 3 aromatic rings. The fourth-order valence-corrected chi connectivity index (χ4v) is 4.57. The summed E-state index contributed by atoms with van der Waals surface area (Å²) < 4.78 is 10.4. The summed E-state index contributed by atoms with van der Waals surface area (Å²) in [6, 6.07) is 11.3. The lowest BCUT2D eigenvalue weighted by Crippen LogP contribution is -2.56. The highest BCUT2D eigenvalue weighted by atomic mass is 35.5. The molecule has 4 rings (SSSR count). The molecule has 0 saturated carbocycles. The van der Waals surface area contributed by atoms with Gasteiger partial charge in [0.2, 0.25) is 5.91 Å². The number of halogens is 1. The first-order chi connectivity index (χ1) is 18.5. The van der Waals surface area contributed by atoms with Gasteiger partial charge in [0.05, 0.1) is 5.52 Å². The van der Waals surface area contributed by atoms with Crippen LogP contribution in [0.5, 0.6) is 0 Å². The van der Waals surface area contributed by atoms with Crippen molar-refractivity contribution in [3.05, 3.63) is 69.2 Å². The Kier molecular flexibility index (Phi) is 8.76. The average molecular weight is 557 g/mol. The van der Waals surface area contributed by atoms with Gasteiger partial charge in [0.1, 0.15) is 11.6 Å². The summed E-state index contributed by atoms with van der Waals surface area (Å²) in [6.07, 6.45) is -0.0487. The summed E-state index contributed by atoms with van der Waals surface area (Å²) in [7, 11) is 0. The molecular formula is C28H33ClN4O6. The van der Waals surface area contributed by atoms with E-state index in [0.717, 1.165) is 5.56 Å². The number of rotatable bonds is 8. The molecule has 2 amide bonds. The maximum atomic E-state index is 13.5. The van der Waals surface area contributed by atoms with Crippen LogP contribution in [0.2, 0.25) is 5.02 Å². The minimum absolute atomic E-state index is 0.0520. The maximum Gasteiger partial charge on any atom is 0.417 e. The van der Waals surface area contributed by atoms with E-state index in [0.29, 0.717) is 67.3 Å². The Morgan fingerprint density at radius 3 is 2.44 bits per heavy atom. The number of carbonyl (C=O) groups is 3. The number of fused-ring (bicyclic) bond motifs is 1. The van der Waals surface area contributed by atoms with Gasteiger partial charge in [-0.2, -0.15) is 0 Å². The molecule has 1 aliphatic rings. The normalized spacial score (nSPS) is 15.2. The van der Waals surface area contributed by atoms with E-state index in [1.165, 1.54) is 0 Å². The van der Waals surface area contributed by atoms with Crippen molar-refractivity contribution in [1.29, 1.82) is 0 Å². The van der Waals surface area contributed by atoms with Gasteiger partial charge in [-0.1, -0.05) is 23.7 Å². The van der Waals surface area contributed by atoms with Crippen molar-refractivity contribution in [2.45, 2.75) is 45.3 Å². The molecule has 0 bridgehead atoms. The van der Waals surface area contributed by atoms with Crippen LogP contribution in [-0.2, 0) is 16.0 Å². The number of aromatic nitrogens is 1. The molecule has 0 unspecified atom stereocenters. The summed E-state index contributed by atoms with van der Waals surface area (Å²) in [5.74, 6) is -0.796. The zero-order valence-corrected chi connectivity index (χ0v) is 23.0. The van der Waals surface area contributed by atoms with E-state index in [9.17, 15) is 19.2 Å². The van der Waals surface area contributed by atoms with Gasteiger partial charge in [-0.05, 0) is 56.7 Å². The summed E-state index contributed by atoms with van der Waals surface area (Å²) >= 11 is 6.00. The van der Waals surface area contributed by atoms with E-state index in [1.807, 2.05) is 12.1 Å². The number of hydrogen-bond donors (Lipinski definition) is 2. The molecule has 10 nitrogen and oxygen atoms in total. The van der Waals surface area contributed by atoms with Gasteiger partial charge in [-0.15, -0.1) is 0 Å². The second-order valence-corrected chi connectivity index (χ2v) is 11.0. The van der Waals surface area contributed by atoms with Gasteiger partial charge >= 0.3 is 11.8 Å². The Labute approximate surface area is 231 Å². The number of piperazine rings is 1. The molecule has 1 atom stereocenters. The van der Waals surface area contributed by atoms with Crippen molar-refractivity contribution in [2.24, 2.45) is 0 Å². The molecule has 208 valence electrons. The Hall–Kier alpha value is -3.63. The van der Waals surface area contributed by atoms with Crippen LogP contribution < -0.4 is 11.1 Å². The smallest absolute Gasteiger partial charge is 0.417 e. The van der Waals surface area contributed by atoms with Crippen molar-refractivity contribution < 1.29 is 23.5 Å². The van der Waals surface area contributed by atoms with Gasteiger partial charge in [0.25, 0.3) is 0 Å². The van der Waals surface area contributed by atoms with E-state index in [1.54, 1.807) is 56.0 Å². The van der Waals surface area contributed by atoms with E-state index in [4.69, 9.17) is 20.8 Å². The highest BCUT2D eigenvalue weighted by Gasteiger charge is 2.30. The number of ketones is 1. The molecule has 2 heterocycles. The van der Waals surface area contributed by atoms with E-state index in [2.05, 4.69) is 15.2 Å². The number of nitrogens with one attached hydrogen (secondary N) is 2. The predicted molar refractivity (Wildman–Crippen MR) is 147 cm³/mol. The number of aromatic amines is 1. The second-order valence-electron chi connectivity index (χ2n) is 10.6. The van der Waals surface area contributed by atoms with Gasteiger partial charge < -0.3 is 19.4 Å². The van der Waals surface area contributed by atoms with Crippen LogP contribution in [0, 0.1) is 0 Å². The minimum atomic E-state index is -0.794. The number of amides is 2. The van der Waals surface area contributed by atoms with E-state index in [-0.39, 0.29) is 11.7 Å². The Balaban J connectivity index is 1.32. The van der Waals surface area contributed by atoms with Crippen LogP contribution in [0.4, 0.5) is 4.79 Å². The van der Waals surface area contributed by atoms with Crippen molar-refractivity contribution >= 4 is 40.5 Å². The Morgan fingerprint density at radius 2 is 1.77 bits per heavy atom. The molecule has 0 radical (unpaired) electrons. The highest BCUT2D eigenvalue weighted by Crippen LogP contribution is 2.16. The molecule has 1 saturated heterocycles. The van der Waals surface area contributed by atoms with E-state index < -0.39 is 23.5 Å². The third-order valence-corrected chi connectivity index (χ3v) is 6.68. The van der Waals surface area contributed by atoms with Gasteiger partial charge in [-0.3, -0.25) is 19.5 Å². The molecule has 39 heavy (non-hydrogen) atoms. The topological polar surface area (TPSA) is 125 Å². The number of ether oxygens (including phenoxy) is 1. The number of oxazole rings is 1. The lowest BCUT2D eigenvalue weighted by Gasteiger charge is -2.36. The molecule has 0 aliphatic carbocycles. The number of carbonyl (C=O) groups excluding carboxylic acids is 3. The van der Waals surface area contributed by atoms with Gasteiger partial charge in [-0.25, -0.2) is 9.59 Å². The maximum absolute atomic E-state index is 13.5. The molecule has 11 heteroatoms. The molecule has 0 spiro atoms. The lowest BCUT2D eigenvalue weighted by molar-refractivity contribution is -0.135. The summed E-state index contributed by atoms with van der Waals surface area (Å²) in [5.41, 5.74) is 1.56. The molecule has 1 aromatic heterocycles. The number of Topliss-reactive ketones (excluding diaryl/α,β-unsaturated/α-hetero) is 1. The summed E-state index contributed by atoms with van der Waals surface area (Å²) in [4.78, 5) is 56.5. The SMILES string of the molecule is CC(C)(C)OC(=O)N[C@@H](Cc1ccc(Cl)cc1)C(=O)N1CCN(CCC(=O)c2ccc3[nH]c(=O)oc3c2)CC1.